The average Bonchev–Trinajstić information content (AvgIpc) is 2.62. The molecule has 0 aromatic carbocycles. The first-order valence-corrected chi connectivity index (χ1v) is 7.53. The summed E-state index contributed by atoms with van der Waals surface area (Å²) in [5, 5.41) is 9.23. The molecule has 3 rings (SSSR count). The molecule has 1 aliphatic heterocycles. The molecule has 0 bridgehead atoms. The van der Waals surface area contributed by atoms with Gasteiger partial charge in [-0.2, -0.15) is 10.2 Å². The van der Waals surface area contributed by atoms with Gasteiger partial charge in [0.2, 0.25) is 5.95 Å². The summed E-state index contributed by atoms with van der Waals surface area (Å²) in [7, 11) is 3.87. The van der Waals surface area contributed by atoms with Crippen LogP contribution in [0.2, 0.25) is 0 Å². The molecule has 0 N–H and O–H groups in total. The van der Waals surface area contributed by atoms with Gasteiger partial charge in [-0.1, -0.05) is 0 Å². The van der Waals surface area contributed by atoms with Crippen molar-refractivity contribution in [2.45, 2.75) is 0 Å². The van der Waals surface area contributed by atoms with Crippen LogP contribution in [0.15, 0.2) is 30.7 Å². The van der Waals surface area contributed by atoms with Crippen LogP contribution in [0.4, 0.5) is 17.5 Å². The van der Waals surface area contributed by atoms with Crippen molar-refractivity contribution in [3.63, 3.8) is 0 Å². The second kappa shape index (κ2) is 6.48. The van der Waals surface area contributed by atoms with Crippen LogP contribution in [0.3, 0.4) is 0 Å². The number of anilines is 3. The van der Waals surface area contributed by atoms with Crippen LogP contribution in [0.5, 0.6) is 0 Å². The Morgan fingerprint density at radius 1 is 1.09 bits per heavy atom. The van der Waals surface area contributed by atoms with Crippen LogP contribution in [-0.4, -0.2) is 55.2 Å². The highest BCUT2D eigenvalue weighted by molar-refractivity contribution is 5.58. The minimum atomic E-state index is 0.672. The first-order valence-electron chi connectivity index (χ1n) is 7.53. The normalized spacial score (nSPS) is 14.5. The number of nitrogens with zero attached hydrogens (tertiary/aromatic N) is 7. The number of piperazine rings is 1. The summed E-state index contributed by atoms with van der Waals surface area (Å²) in [5.74, 6) is 1.65. The van der Waals surface area contributed by atoms with Gasteiger partial charge in [-0.3, -0.25) is 4.98 Å². The third-order valence-electron chi connectivity index (χ3n) is 3.89. The number of rotatable bonds is 3. The van der Waals surface area contributed by atoms with Crippen LogP contribution in [0.25, 0.3) is 0 Å². The lowest BCUT2D eigenvalue weighted by Crippen LogP contribution is -2.47. The van der Waals surface area contributed by atoms with Gasteiger partial charge in [0, 0.05) is 52.7 Å². The lowest BCUT2D eigenvalue weighted by molar-refractivity contribution is 0.645. The molecule has 118 valence electrons. The summed E-state index contributed by atoms with van der Waals surface area (Å²) in [6.45, 7) is 3.37. The molecule has 7 heteroatoms. The van der Waals surface area contributed by atoms with Gasteiger partial charge in [0.15, 0.2) is 0 Å². The predicted molar refractivity (Wildman–Crippen MR) is 89.7 cm³/mol. The molecule has 2 aromatic rings. The van der Waals surface area contributed by atoms with E-state index in [0.29, 0.717) is 11.5 Å². The average molecular weight is 309 g/mol. The number of nitriles is 1. The van der Waals surface area contributed by atoms with Gasteiger partial charge in [0.25, 0.3) is 0 Å². The Kier molecular flexibility index (Phi) is 4.24. The molecule has 1 aliphatic rings. The highest BCUT2D eigenvalue weighted by Crippen LogP contribution is 2.22. The molecule has 0 spiro atoms. The fraction of sp³-hybridized carbons (Fsp3) is 0.375. The fourth-order valence-electron chi connectivity index (χ4n) is 2.64. The van der Waals surface area contributed by atoms with Crippen LogP contribution < -0.4 is 14.7 Å². The molecular formula is C16H19N7. The third kappa shape index (κ3) is 3.16. The van der Waals surface area contributed by atoms with E-state index in [0.717, 1.165) is 37.7 Å². The Morgan fingerprint density at radius 3 is 2.52 bits per heavy atom. The van der Waals surface area contributed by atoms with Gasteiger partial charge in [-0.15, -0.1) is 0 Å². The van der Waals surface area contributed by atoms with E-state index < -0.39 is 0 Å². The Bertz CT molecular complexity index is 714. The van der Waals surface area contributed by atoms with E-state index in [-0.39, 0.29) is 0 Å². The summed E-state index contributed by atoms with van der Waals surface area (Å²) in [6.07, 6.45) is 5.21. The molecule has 1 fully saturated rings. The quantitative estimate of drug-likeness (QED) is 0.841. The molecule has 0 saturated carbocycles. The van der Waals surface area contributed by atoms with Crippen molar-refractivity contribution >= 4 is 17.5 Å². The number of hydrogen-bond acceptors (Lipinski definition) is 7. The minimum absolute atomic E-state index is 0.672. The number of pyridine rings is 1. The summed E-state index contributed by atoms with van der Waals surface area (Å²) < 4.78 is 0. The standard InChI is InChI=1S/C16H19N7/c1-21(2)16-19-6-4-15(20-16)23-9-7-22(8-10-23)14-12-18-5-3-13(14)11-17/h3-6,12H,7-10H2,1-2H3. The van der Waals surface area contributed by atoms with Crippen molar-refractivity contribution in [1.29, 1.82) is 5.26 Å². The molecule has 23 heavy (non-hydrogen) atoms. The zero-order valence-corrected chi connectivity index (χ0v) is 13.3. The lowest BCUT2D eigenvalue weighted by Gasteiger charge is -2.36. The first kappa shape index (κ1) is 15.0. The molecule has 0 unspecified atom stereocenters. The van der Waals surface area contributed by atoms with E-state index in [9.17, 15) is 5.26 Å². The molecule has 0 atom stereocenters. The number of hydrogen-bond donors (Lipinski definition) is 0. The molecular weight excluding hydrogens is 290 g/mol. The monoisotopic (exact) mass is 309 g/mol. The second-order valence-electron chi connectivity index (χ2n) is 5.59. The maximum atomic E-state index is 9.23. The maximum Gasteiger partial charge on any atom is 0.226 e. The maximum absolute atomic E-state index is 9.23. The van der Waals surface area contributed by atoms with E-state index in [1.807, 2.05) is 25.1 Å². The Balaban J connectivity index is 1.71. The zero-order valence-electron chi connectivity index (χ0n) is 13.3. The van der Waals surface area contributed by atoms with E-state index >= 15 is 0 Å². The van der Waals surface area contributed by atoms with E-state index in [4.69, 9.17) is 0 Å². The van der Waals surface area contributed by atoms with E-state index in [2.05, 4.69) is 30.8 Å². The Labute approximate surface area is 135 Å². The summed E-state index contributed by atoms with van der Waals surface area (Å²) in [5.41, 5.74) is 1.58. The summed E-state index contributed by atoms with van der Waals surface area (Å²) >= 11 is 0. The van der Waals surface area contributed by atoms with Gasteiger partial charge < -0.3 is 14.7 Å². The molecule has 7 nitrogen and oxygen atoms in total. The van der Waals surface area contributed by atoms with Crippen molar-refractivity contribution in [1.82, 2.24) is 15.0 Å². The molecule has 1 saturated heterocycles. The van der Waals surface area contributed by atoms with Gasteiger partial charge in [0.1, 0.15) is 11.9 Å². The van der Waals surface area contributed by atoms with Crippen LogP contribution in [0, 0.1) is 11.3 Å². The lowest BCUT2D eigenvalue weighted by atomic mass is 10.2. The second-order valence-corrected chi connectivity index (χ2v) is 5.59. The van der Waals surface area contributed by atoms with E-state index in [1.54, 1.807) is 24.7 Å². The summed E-state index contributed by atoms with van der Waals surface area (Å²) in [4.78, 5) is 19.3. The van der Waals surface area contributed by atoms with Crippen molar-refractivity contribution in [3.05, 3.63) is 36.3 Å². The van der Waals surface area contributed by atoms with Gasteiger partial charge in [-0.25, -0.2) is 4.98 Å². The first-order chi connectivity index (χ1) is 11.2. The highest BCUT2D eigenvalue weighted by Gasteiger charge is 2.20. The van der Waals surface area contributed by atoms with Gasteiger partial charge >= 0.3 is 0 Å². The predicted octanol–water partition coefficient (Wildman–Crippen LogP) is 1.14. The molecule has 0 aliphatic carbocycles. The van der Waals surface area contributed by atoms with E-state index in [1.165, 1.54) is 0 Å². The van der Waals surface area contributed by atoms with Crippen LogP contribution >= 0.6 is 0 Å². The largest absolute Gasteiger partial charge is 0.366 e. The third-order valence-corrected chi connectivity index (χ3v) is 3.89. The topological polar surface area (TPSA) is 72.2 Å². The Hall–Kier alpha value is -2.88. The molecule has 0 radical (unpaired) electrons. The highest BCUT2D eigenvalue weighted by atomic mass is 15.3. The molecule has 3 heterocycles. The van der Waals surface area contributed by atoms with Crippen molar-refractivity contribution in [2.75, 3.05) is 55.0 Å². The van der Waals surface area contributed by atoms with Crippen LogP contribution in [-0.2, 0) is 0 Å². The van der Waals surface area contributed by atoms with Crippen molar-refractivity contribution in [2.24, 2.45) is 0 Å². The minimum Gasteiger partial charge on any atom is -0.366 e. The van der Waals surface area contributed by atoms with Crippen molar-refractivity contribution in [3.8, 4) is 6.07 Å². The Morgan fingerprint density at radius 2 is 1.83 bits per heavy atom. The number of aromatic nitrogens is 3. The zero-order chi connectivity index (χ0) is 16.2. The smallest absolute Gasteiger partial charge is 0.226 e. The van der Waals surface area contributed by atoms with Gasteiger partial charge in [-0.05, 0) is 12.1 Å². The molecule has 2 aromatic heterocycles. The fourth-order valence-corrected chi connectivity index (χ4v) is 2.64. The molecule has 0 amide bonds. The SMILES string of the molecule is CN(C)c1nccc(N2CCN(c3cnccc3C#N)CC2)n1. The van der Waals surface area contributed by atoms with Crippen LogP contribution in [0.1, 0.15) is 5.56 Å². The van der Waals surface area contributed by atoms with Crippen molar-refractivity contribution < 1.29 is 0 Å². The van der Waals surface area contributed by atoms with Gasteiger partial charge in [0.05, 0.1) is 17.4 Å². The summed E-state index contributed by atoms with van der Waals surface area (Å²) in [6, 6.07) is 5.93.